The van der Waals surface area contributed by atoms with Crippen LogP contribution in [0.15, 0.2) is 29.8 Å². The van der Waals surface area contributed by atoms with Crippen LogP contribution in [0.5, 0.6) is 0 Å². The Bertz CT molecular complexity index is 614. The lowest BCUT2D eigenvalue weighted by molar-refractivity contribution is 0.193. The van der Waals surface area contributed by atoms with Crippen molar-refractivity contribution in [2.24, 2.45) is 0 Å². The number of nitrogens with zero attached hydrogens (tertiary/aromatic N) is 3. The maximum atomic E-state index is 12.4. The minimum Gasteiger partial charge on any atom is -0.332 e. The third-order valence-corrected chi connectivity index (χ3v) is 4.61. The van der Waals surface area contributed by atoms with Crippen LogP contribution >= 0.6 is 11.3 Å². The number of hydrogen-bond acceptors (Lipinski definition) is 4. The van der Waals surface area contributed by atoms with E-state index in [1.807, 2.05) is 24.0 Å². The van der Waals surface area contributed by atoms with E-state index in [0.717, 1.165) is 30.9 Å². The van der Waals surface area contributed by atoms with Crippen LogP contribution in [0.25, 0.3) is 0 Å². The number of urea groups is 1. The van der Waals surface area contributed by atoms with Crippen molar-refractivity contribution in [1.29, 1.82) is 0 Å². The molecule has 3 rings (SSSR count). The van der Waals surface area contributed by atoms with Crippen LogP contribution in [0.2, 0.25) is 0 Å². The summed E-state index contributed by atoms with van der Waals surface area (Å²) in [5.74, 6) is 0.722. The van der Waals surface area contributed by atoms with Crippen LogP contribution in [0.3, 0.4) is 0 Å². The van der Waals surface area contributed by atoms with Crippen LogP contribution in [-0.2, 0) is 6.54 Å². The SMILES string of the molecule is Cc1nccc(CNC(=O)N2CCC[C@H]2c2cccs2)n1. The number of aromatic nitrogens is 2. The van der Waals surface area contributed by atoms with E-state index in [-0.39, 0.29) is 12.1 Å². The predicted octanol–water partition coefficient (Wildman–Crippen LogP) is 2.89. The summed E-state index contributed by atoms with van der Waals surface area (Å²) in [6.07, 6.45) is 3.82. The number of carbonyl (C=O) groups is 1. The van der Waals surface area contributed by atoms with Crippen molar-refractivity contribution in [2.45, 2.75) is 32.4 Å². The van der Waals surface area contributed by atoms with Crippen LogP contribution in [0.1, 0.15) is 35.3 Å². The lowest BCUT2D eigenvalue weighted by Gasteiger charge is -2.24. The zero-order valence-corrected chi connectivity index (χ0v) is 12.8. The van der Waals surface area contributed by atoms with Gasteiger partial charge in [-0.2, -0.15) is 0 Å². The second kappa shape index (κ2) is 6.22. The second-order valence-electron chi connectivity index (χ2n) is 5.12. The normalized spacial score (nSPS) is 18.0. The molecule has 6 heteroatoms. The van der Waals surface area contributed by atoms with Gasteiger partial charge in [0.1, 0.15) is 5.82 Å². The topological polar surface area (TPSA) is 58.1 Å². The molecular formula is C15H18N4OS. The highest BCUT2D eigenvalue weighted by molar-refractivity contribution is 7.10. The smallest absolute Gasteiger partial charge is 0.318 e. The molecule has 1 atom stereocenters. The fourth-order valence-corrected chi connectivity index (χ4v) is 3.53. The molecule has 2 aromatic heterocycles. The number of likely N-dealkylation sites (tertiary alicyclic amines) is 1. The molecule has 1 fully saturated rings. The van der Waals surface area contributed by atoms with Gasteiger partial charge in [0.2, 0.25) is 0 Å². The van der Waals surface area contributed by atoms with Crippen molar-refractivity contribution in [3.05, 3.63) is 46.2 Å². The van der Waals surface area contributed by atoms with Crippen molar-refractivity contribution in [2.75, 3.05) is 6.54 Å². The minimum atomic E-state index is -0.0119. The fourth-order valence-electron chi connectivity index (χ4n) is 2.66. The lowest BCUT2D eigenvalue weighted by Crippen LogP contribution is -2.39. The first-order valence-corrected chi connectivity index (χ1v) is 7.98. The van der Waals surface area contributed by atoms with Crippen molar-refractivity contribution in [1.82, 2.24) is 20.2 Å². The third kappa shape index (κ3) is 3.21. The number of hydrogen-bond donors (Lipinski definition) is 1. The van der Waals surface area contributed by atoms with Crippen molar-refractivity contribution in [3.63, 3.8) is 0 Å². The number of carbonyl (C=O) groups excluding carboxylic acids is 1. The molecule has 1 aliphatic heterocycles. The number of amides is 2. The first kappa shape index (κ1) is 14.0. The molecule has 110 valence electrons. The number of thiophene rings is 1. The number of aryl methyl sites for hydroxylation is 1. The van der Waals surface area contributed by atoms with E-state index < -0.39 is 0 Å². The molecule has 0 aliphatic carbocycles. The van der Waals surface area contributed by atoms with Crippen LogP contribution in [0.4, 0.5) is 4.79 Å². The van der Waals surface area contributed by atoms with E-state index in [4.69, 9.17) is 0 Å². The summed E-state index contributed by atoms with van der Waals surface area (Å²) in [4.78, 5) is 23.9. The van der Waals surface area contributed by atoms with E-state index in [1.54, 1.807) is 17.5 Å². The summed E-state index contributed by atoms with van der Waals surface area (Å²) in [6, 6.07) is 6.18. The second-order valence-corrected chi connectivity index (χ2v) is 6.10. The average molecular weight is 302 g/mol. The van der Waals surface area contributed by atoms with Gasteiger partial charge in [0, 0.05) is 17.6 Å². The Morgan fingerprint density at radius 1 is 1.52 bits per heavy atom. The molecule has 0 spiro atoms. The highest BCUT2D eigenvalue weighted by Gasteiger charge is 2.30. The molecule has 0 bridgehead atoms. The Morgan fingerprint density at radius 3 is 3.19 bits per heavy atom. The zero-order chi connectivity index (χ0) is 14.7. The first-order chi connectivity index (χ1) is 10.2. The van der Waals surface area contributed by atoms with E-state index in [1.165, 1.54) is 4.88 Å². The molecule has 1 N–H and O–H groups in total. The monoisotopic (exact) mass is 302 g/mol. The van der Waals surface area contributed by atoms with Gasteiger partial charge in [-0.15, -0.1) is 11.3 Å². The van der Waals surface area contributed by atoms with E-state index >= 15 is 0 Å². The van der Waals surface area contributed by atoms with Gasteiger partial charge >= 0.3 is 6.03 Å². The van der Waals surface area contributed by atoms with Crippen LogP contribution < -0.4 is 5.32 Å². The molecule has 0 aromatic carbocycles. The summed E-state index contributed by atoms with van der Waals surface area (Å²) < 4.78 is 0. The average Bonchev–Trinajstić information content (AvgIpc) is 3.14. The predicted molar refractivity (Wildman–Crippen MR) is 82.0 cm³/mol. The van der Waals surface area contributed by atoms with Gasteiger partial charge in [0.05, 0.1) is 18.3 Å². The maximum absolute atomic E-state index is 12.4. The van der Waals surface area contributed by atoms with E-state index in [0.29, 0.717) is 6.54 Å². The molecule has 3 heterocycles. The summed E-state index contributed by atoms with van der Waals surface area (Å²) in [6.45, 7) is 3.10. The molecule has 2 amide bonds. The maximum Gasteiger partial charge on any atom is 0.318 e. The molecule has 21 heavy (non-hydrogen) atoms. The van der Waals surface area contributed by atoms with Crippen molar-refractivity contribution in [3.8, 4) is 0 Å². The van der Waals surface area contributed by atoms with Gasteiger partial charge in [-0.3, -0.25) is 0 Å². The first-order valence-electron chi connectivity index (χ1n) is 7.10. The molecule has 5 nitrogen and oxygen atoms in total. The minimum absolute atomic E-state index is 0.0119. The van der Waals surface area contributed by atoms with Gasteiger partial charge < -0.3 is 10.2 Å². The van der Waals surface area contributed by atoms with Gasteiger partial charge in [-0.25, -0.2) is 14.8 Å². The number of nitrogens with one attached hydrogen (secondary N) is 1. The molecule has 0 saturated carbocycles. The highest BCUT2D eigenvalue weighted by atomic mass is 32.1. The van der Waals surface area contributed by atoms with E-state index in [9.17, 15) is 4.79 Å². The quantitative estimate of drug-likeness (QED) is 0.948. The van der Waals surface area contributed by atoms with Crippen molar-refractivity contribution < 1.29 is 4.79 Å². The van der Waals surface area contributed by atoms with Gasteiger partial charge in [-0.1, -0.05) is 6.07 Å². The Morgan fingerprint density at radius 2 is 2.43 bits per heavy atom. The largest absolute Gasteiger partial charge is 0.332 e. The van der Waals surface area contributed by atoms with Gasteiger partial charge in [0.15, 0.2) is 0 Å². The van der Waals surface area contributed by atoms with Crippen molar-refractivity contribution >= 4 is 17.4 Å². The van der Waals surface area contributed by atoms with Crippen LogP contribution in [0, 0.1) is 6.92 Å². The lowest BCUT2D eigenvalue weighted by atomic mass is 10.2. The molecule has 1 saturated heterocycles. The third-order valence-electron chi connectivity index (χ3n) is 3.64. The molecule has 0 unspecified atom stereocenters. The fraction of sp³-hybridized carbons (Fsp3) is 0.400. The molecular weight excluding hydrogens is 284 g/mol. The Hall–Kier alpha value is -1.95. The van der Waals surface area contributed by atoms with Gasteiger partial charge in [0.25, 0.3) is 0 Å². The molecule has 2 aromatic rings. The summed E-state index contributed by atoms with van der Waals surface area (Å²) in [5.41, 5.74) is 0.836. The molecule has 0 radical (unpaired) electrons. The Kier molecular flexibility index (Phi) is 4.15. The standard InChI is InChI=1S/C15H18N4OS/c1-11-16-7-6-12(18-11)10-17-15(20)19-8-2-4-13(19)14-5-3-9-21-14/h3,5-7,9,13H,2,4,8,10H2,1H3,(H,17,20)/t13-/m0/s1. The van der Waals surface area contributed by atoms with Gasteiger partial charge in [-0.05, 0) is 37.3 Å². The number of rotatable bonds is 3. The van der Waals surface area contributed by atoms with E-state index in [2.05, 4.69) is 26.7 Å². The highest BCUT2D eigenvalue weighted by Crippen LogP contribution is 2.34. The summed E-state index contributed by atoms with van der Waals surface area (Å²) in [7, 11) is 0. The summed E-state index contributed by atoms with van der Waals surface area (Å²) >= 11 is 1.72. The Balaban J connectivity index is 1.62. The Labute approximate surface area is 128 Å². The van der Waals surface area contributed by atoms with Crippen LogP contribution in [-0.4, -0.2) is 27.4 Å². The molecule has 1 aliphatic rings. The summed E-state index contributed by atoms with van der Waals surface area (Å²) in [5, 5.41) is 5.02. The zero-order valence-electron chi connectivity index (χ0n) is 12.0.